The second kappa shape index (κ2) is 12.9. The number of aliphatic carboxylic acids is 1. The zero-order valence-corrected chi connectivity index (χ0v) is 16.6. The van der Waals surface area contributed by atoms with Crippen LogP contribution in [0.15, 0.2) is 60.6 Å². The van der Waals surface area contributed by atoms with E-state index >= 15 is 0 Å². The first-order valence-electron chi connectivity index (χ1n) is 10.5. The molecular weight excluding hydrogens is 360 g/mol. The highest BCUT2D eigenvalue weighted by Crippen LogP contribution is 2.27. The van der Waals surface area contributed by atoms with E-state index in [1.807, 2.05) is 30.0 Å². The zero-order chi connectivity index (χ0) is 21.1. The minimum absolute atomic E-state index is 0.114. The maximum absolute atomic E-state index is 10.7. The van der Waals surface area contributed by atoms with E-state index in [9.17, 15) is 4.79 Å². The van der Waals surface area contributed by atoms with Gasteiger partial charge in [-0.05, 0) is 36.1 Å². The molecule has 0 saturated heterocycles. The van der Waals surface area contributed by atoms with Crippen molar-refractivity contribution in [2.45, 2.75) is 48.9 Å². The molecule has 2 aromatic carbocycles. The molecule has 1 unspecified atom stereocenters. The van der Waals surface area contributed by atoms with Crippen molar-refractivity contribution in [1.82, 2.24) is 0 Å². The average molecular weight is 392 g/mol. The Kier molecular flexibility index (Phi) is 8.30. The highest BCUT2D eigenvalue weighted by Gasteiger charge is 2.10. The quantitative estimate of drug-likeness (QED) is 0.409. The molecule has 0 fully saturated rings. The highest BCUT2D eigenvalue weighted by molar-refractivity contribution is 7.99. The molecule has 0 aliphatic rings. The predicted molar refractivity (Wildman–Crippen MR) is 115 cm³/mol. The Bertz CT molecular complexity index is 772. The van der Waals surface area contributed by atoms with Crippen LogP contribution in [-0.4, -0.2) is 22.1 Å². The summed E-state index contributed by atoms with van der Waals surface area (Å²) in [6, 6.07) is 14.1. The Balaban J connectivity index is 1.81. The van der Waals surface area contributed by atoms with Crippen LogP contribution in [0.3, 0.4) is 0 Å². The van der Waals surface area contributed by atoms with E-state index in [-0.39, 0.29) is 24.5 Å². The third-order valence-corrected chi connectivity index (χ3v) is 6.47. The number of hydrogen-bond acceptors (Lipinski definition) is 3. The maximum atomic E-state index is 10.7. The summed E-state index contributed by atoms with van der Waals surface area (Å²) in [6.45, 7) is 0. The summed E-state index contributed by atoms with van der Waals surface area (Å²) in [5.41, 5.74) is 2.05. The molecule has 0 aromatic heterocycles. The smallest absolute Gasteiger partial charge is 0.303 e. The van der Waals surface area contributed by atoms with Crippen LogP contribution in [0, 0.1) is 0 Å². The van der Waals surface area contributed by atoms with Gasteiger partial charge in [-0.25, -0.2) is 0 Å². The third kappa shape index (κ3) is 9.35. The molecule has 0 amide bonds. The SMILES string of the molecule is [2H]c1cc([2H])c([2H])c(CSCCC(CCCCC(=O)O)SCc2ccccc2)c1. The van der Waals surface area contributed by atoms with Crippen molar-refractivity contribution in [3.05, 3.63) is 71.7 Å². The fourth-order valence-electron chi connectivity index (χ4n) is 2.57. The summed E-state index contributed by atoms with van der Waals surface area (Å²) >= 11 is 3.67. The average Bonchev–Trinajstić information content (AvgIpc) is 2.69. The Hall–Kier alpha value is -1.39. The molecule has 0 bridgehead atoms. The molecule has 0 spiro atoms. The molecule has 1 N–H and O–H groups in total. The summed E-state index contributed by atoms with van der Waals surface area (Å²) in [7, 11) is 0. The number of carbonyl (C=O) groups is 1. The molecule has 26 heavy (non-hydrogen) atoms. The maximum Gasteiger partial charge on any atom is 0.303 e. The lowest BCUT2D eigenvalue weighted by atomic mass is 10.1. The molecule has 1 atom stereocenters. The Morgan fingerprint density at radius 2 is 1.85 bits per heavy atom. The second-order valence-corrected chi connectivity index (χ2v) is 8.54. The van der Waals surface area contributed by atoms with Crippen molar-refractivity contribution in [3.63, 3.8) is 0 Å². The van der Waals surface area contributed by atoms with Gasteiger partial charge in [0.15, 0.2) is 0 Å². The molecule has 0 aliphatic carbocycles. The zero-order valence-electron chi connectivity index (χ0n) is 17.9. The lowest BCUT2D eigenvalue weighted by Crippen LogP contribution is -2.06. The van der Waals surface area contributed by atoms with Crippen LogP contribution in [0.5, 0.6) is 0 Å². The van der Waals surface area contributed by atoms with Gasteiger partial charge in [0.25, 0.3) is 0 Å². The molecule has 2 aromatic rings. The van der Waals surface area contributed by atoms with Crippen LogP contribution >= 0.6 is 23.5 Å². The summed E-state index contributed by atoms with van der Waals surface area (Å²) < 4.78 is 23.5. The minimum Gasteiger partial charge on any atom is -0.481 e. The lowest BCUT2D eigenvalue weighted by molar-refractivity contribution is -0.137. The van der Waals surface area contributed by atoms with Crippen molar-refractivity contribution in [3.8, 4) is 0 Å². The van der Waals surface area contributed by atoms with E-state index in [4.69, 9.17) is 9.22 Å². The number of thioether (sulfide) groups is 2. The third-order valence-electron chi connectivity index (χ3n) is 3.98. The molecule has 2 nitrogen and oxygen atoms in total. The molecule has 0 aliphatic heterocycles. The molecule has 140 valence electrons. The molecule has 0 radical (unpaired) electrons. The van der Waals surface area contributed by atoms with Crippen molar-refractivity contribution in [1.29, 1.82) is 0 Å². The minimum atomic E-state index is -0.731. The second-order valence-electron chi connectivity index (χ2n) is 6.15. The standard InChI is InChI=1S/C22H28O2S2/c23-22(24)14-8-7-13-21(26-18-20-11-5-2-6-12-20)15-16-25-17-19-9-3-1-4-10-19/h1-6,9-12,21H,7-8,13-18H2,(H,23,24)/i3D,4D,9D. The number of unbranched alkanes of at least 4 members (excludes halogenated alkanes) is 1. The van der Waals surface area contributed by atoms with Gasteiger partial charge in [-0.1, -0.05) is 67.0 Å². The first kappa shape index (κ1) is 16.8. The number of carboxylic acid groups (broad SMARTS) is 1. The van der Waals surface area contributed by atoms with Crippen LogP contribution in [0.4, 0.5) is 0 Å². The van der Waals surface area contributed by atoms with Crippen LogP contribution < -0.4 is 0 Å². The van der Waals surface area contributed by atoms with Crippen LogP contribution in [-0.2, 0) is 16.3 Å². The predicted octanol–water partition coefficient (Wildman–Crippen LogP) is 6.26. The van der Waals surface area contributed by atoms with Crippen LogP contribution in [0.25, 0.3) is 0 Å². The van der Waals surface area contributed by atoms with Gasteiger partial charge < -0.3 is 5.11 Å². The summed E-state index contributed by atoms with van der Waals surface area (Å²) in [5.74, 6) is 1.81. The summed E-state index contributed by atoms with van der Waals surface area (Å²) in [6.07, 6.45) is 3.90. The van der Waals surface area contributed by atoms with Crippen LogP contribution in [0.1, 0.15) is 47.3 Å². The number of rotatable bonds is 13. The van der Waals surface area contributed by atoms with Crippen LogP contribution in [0.2, 0.25) is 0 Å². The monoisotopic (exact) mass is 391 g/mol. The van der Waals surface area contributed by atoms with Gasteiger partial charge in [0.05, 0.1) is 4.11 Å². The number of hydrogen-bond donors (Lipinski definition) is 1. The molecule has 4 heteroatoms. The first-order valence-corrected chi connectivity index (χ1v) is 11.2. The normalized spacial score (nSPS) is 13.6. The van der Waals surface area contributed by atoms with Gasteiger partial charge >= 0.3 is 5.97 Å². The van der Waals surface area contributed by atoms with E-state index in [2.05, 4.69) is 12.1 Å². The van der Waals surface area contributed by atoms with Gasteiger partial charge in [-0.2, -0.15) is 23.5 Å². The van der Waals surface area contributed by atoms with Gasteiger partial charge in [-0.3, -0.25) is 4.79 Å². The molecule has 0 saturated carbocycles. The van der Waals surface area contributed by atoms with E-state index < -0.39 is 5.97 Å². The Morgan fingerprint density at radius 3 is 2.65 bits per heavy atom. The first-order chi connectivity index (χ1) is 14.0. The summed E-state index contributed by atoms with van der Waals surface area (Å²) in [5, 5.41) is 9.30. The van der Waals surface area contributed by atoms with E-state index in [1.165, 1.54) is 11.6 Å². The summed E-state index contributed by atoms with van der Waals surface area (Å²) in [4.78, 5) is 10.7. The lowest BCUT2D eigenvalue weighted by Gasteiger charge is -2.16. The number of carboxylic acids is 1. The Morgan fingerprint density at radius 1 is 1.00 bits per heavy atom. The Labute approximate surface area is 170 Å². The fourth-order valence-corrected chi connectivity index (χ4v) is 4.93. The van der Waals surface area contributed by atoms with Gasteiger partial charge in [0, 0.05) is 23.2 Å². The molecule has 2 rings (SSSR count). The largest absolute Gasteiger partial charge is 0.481 e. The van der Waals surface area contributed by atoms with Gasteiger partial charge in [0.1, 0.15) is 0 Å². The molecule has 0 heterocycles. The molecular formula is C22H28O2S2. The van der Waals surface area contributed by atoms with Crippen molar-refractivity contribution >= 4 is 29.5 Å². The van der Waals surface area contributed by atoms with Crippen molar-refractivity contribution in [2.75, 3.05) is 5.75 Å². The van der Waals surface area contributed by atoms with Crippen molar-refractivity contribution < 1.29 is 14.0 Å². The fraction of sp³-hybridized carbons (Fsp3) is 0.409. The van der Waals surface area contributed by atoms with Crippen molar-refractivity contribution in [2.24, 2.45) is 0 Å². The van der Waals surface area contributed by atoms with E-state index in [0.29, 0.717) is 11.0 Å². The highest BCUT2D eigenvalue weighted by atomic mass is 32.2. The topological polar surface area (TPSA) is 37.3 Å². The van der Waals surface area contributed by atoms with Gasteiger partial charge in [0.2, 0.25) is 0 Å². The van der Waals surface area contributed by atoms with Gasteiger partial charge in [-0.15, -0.1) is 0 Å². The van der Waals surface area contributed by atoms with E-state index in [1.54, 1.807) is 17.8 Å². The van der Waals surface area contributed by atoms with E-state index in [0.717, 1.165) is 42.8 Å². The number of benzene rings is 2.